The lowest BCUT2D eigenvalue weighted by molar-refractivity contribution is -0.137. The molecule has 36 heavy (non-hydrogen) atoms. The van der Waals surface area contributed by atoms with Crippen molar-refractivity contribution < 1.29 is 19.2 Å². The van der Waals surface area contributed by atoms with Gasteiger partial charge in [0.25, 0.3) is 5.91 Å². The van der Waals surface area contributed by atoms with Crippen LogP contribution in [0.25, 0.3) is 10.9 Å². The summed E-state index contributed by atoms with van der Waals surface area (Å²) in [4.78, 5) is 56.8. The molecule has 5 rings (SSSR count). The average molecular weight is 487 g/mol. The molecule has 2 aromatic carbocycles. The topological polar surface area (TPSA) is 111 Å². The van der Waals surface area contributed by atoms with Gasteiger partial charge in [0.05, 0.1) is 11.5 Å². The number of hydrogen-bond donors (Lipinski definition) is 3. The number of benzene rings is 2. The Morgan fingerprint density at radius 3 is 2.69 bits per heavy atom. The molecule has 3 amide bonds. The van der Waals surface area contributed by atoms with Gasteiger partial charge >= 0.3 is 0 Å². The summed E-state index contributed by atoms with van der Waals surface area (Å²) in [5, 5.41) is 6.74. The molecule has 8 heteroatoms. The van der Waals surface area contributed by atoms with Crippen molar-refractivity contribution in [3.05, 3.63) is 65.4 Å². The minimum atomic E-state index is -0.973. The summed E-state index contributed by atoms with van der Waals surface area (Å²) in [6, 6.07) is 13.4. The highest BCUT2D eigenvalue weighted by molar-refractivity contribution is 6.08. The van der Waals surface area contributed by atoms with Crippen LogP contribution in [0.2, 0.25) is 0 Å². The van der Waals surface area contributed by atoms with Gasteiger partial charge in [-0.15, -0.1) is 0 Å². The van der Waals surface area contributed by atoms with E-state index in [1.54, 1.807) is 6.07 Å². The van der Waals surface area contributed by atoms with E-state index >= 15 is 0 Å². The first kappa shape index (κ1) is 23.8. The first-order chi connectivity index (χ1) is 17.2. The number of nitrogens with zero attached hydrogens (tertiary/aromatic N) is 1. The fraction of sp³-hybridized carbons (Fsp3) is 0.357. The van der Waals surface area contributed by atoms with E-state index in [1.165, 1.54) is 4.90 Å². The second kappa shape index (κ2) is 8.93. The molecule has 3 aromatic rings. The van der Waals surface area contributed by atoms with Crippen LogP contribution in [0.4, 0.5) is 5.69 Å². The third-order valence-electron chi connectivity index (χ3n) is 7.40. The van der Waals surface area contributed by atoms with Crippen LogP contribution in [0, 0.1) is 12.8 Å². The maximum atomic E-state index is 13.8. The number of aldehydes is 1. The number of aromatic nitrogens is 1. The van der Waals surface area contributed by atoms with Crippen LogP contribution >= 0.6 is 0 Å². The molecule has 0 radical (unpaired) electrons. The predicted octanol–water partition coefficient (Wildman–Crippen LogP) is 3.31. The molecule has 0 aliphatic carbocycles. The lowest BCUT2D eigenvalue weighted by Crippen LogP contribution is -2.51. The normalized spacial score (nSPS) is 21.6. The van der Waals surface area contributed by atoms with Crippen LogP contribution in [-0.4, -0.2) is 52.5 Å². The Hall–Kier alpha value is -3.94. The molecule has 0 saturated carbocycles. The molecule has 8 nitrogen and oxygen atoms in total. The quantitative estimate of drug-likeness (QED) is 0.464. The maximum Gasteiger partial charge on any atom is 0.268 e. The molecule has 2 aliphatic heterocycles. The first-order valence-corrected chi connectivity index (χ1v) is 12.3. The highest BCUT2D eigenvalue weighted by Crippen LogP contribution is 2.46. The van der Waals surface area contributed by atoms with E-state index < -0.39 is 17.5 Å². The third kappa shape index (κ3) is 3.86. The van der Waals surface area contributed by atoms with Crippen LogP contribution in [-0.2, 0) is 19.8 Å². The fourth-order valence-corrected chi connectivity index (χ4v) is 5.59. The maximum absolute atomic E-state index is 13.8. The molecule has 3 atom stereocenters. The van der Waals surface area contributed by atoms with E-state index in [0.29, 0.717) is 17.8 Å². The number of nitrogens with one attached hydrogen (secondary N) is 3. The number of fused-ring (bicyclic) bond motifs is 3. The van der Waals surface area contributed by atoms with Crippen molar-refractivity contribution in [1.82, 2.24) is 15.2 Å². The first-order valence-electron chi connectivity index (χ1n) is 12.3. The van der Waals surface area contributed by atoms with Gasteiger partial charge < -0.3 is 25.3 Å². The summed E-state index contributed by atoms with van der Waals surface area (Å²) >= 11 is 0. The van der Waals surface area contributed by atoms with Crippen LogP contribution < -0.4 is 10.6 Å². The largest absolute Gasteiger partial charge is 0.351 e. The fourth-order valence-electron chi connectivity index (χ4n) is 5.59. The van der Waals surface area contributed by atoms with Gasteiger partial charge in [-0.2, -0.15) is 0 Å². The minimum Gasteiger partial charge on any atom is -0.351 e. The number of rotatable bonds is 6. The SMILES string of the molecule is Cc1cccc2[nH]c(C(=O)N[C@@H](CC(C)C)C(=O)N3C[C@]4(C[C@H]3C=O)C(=O)Nc3ccccc34)cc12. The van der Waals surface area contributed by atoms with Crippen molar-refractivity contribution in [2.75, 3.05) is 11.9 Å². The second-order valence-electron chi connectivity index (χ2n) is 10.3. The number of carbonyl (C=O) groups excluding carboxylic acids is 4. The summed E-state index contributed by atoms with van der Waals surface area (Å²) in [7, 11) is 0. The number of aryl methyl sites for hydroxylation is 1. The Balaban J connectivity index is 1.42. The molecule has 1 spiro atoms. The zero-order valence-corrected chi connectivity index (χ0v) is 20.6. The zero-order valence-electron chi connectivity index (χ0n) is 20.6. The van der Waals surface area contributed by atoms with Crippen molar-refractivity contribution in [3.63, 3.8) is 0 Å². The van der Waals surface area contributed by atoms with E-state index in [1.807, 2.05) is 63.2 Å². The molecule has 3 N–H and O–H groups in total. The molecule has 1 fully saturated rings. The van der Waals surface area contributed by atoms with Gasteiger partial charge in [0.15, 0.2) is 0 Å². The van der Waals surface area contributed by atoms with Gasteiger partial charge in [0.1, 0.15) is 18.0 Å². The smallest absolute Gasteiger partial charge is 0.268 e. The van der Waals surface area contributed by atoms with Gasteiger partial charge in [-0.1, -0.05) is 44.2 Å². The number of para-hydroxylation sites is 1. The number of aromatic amines is 1. The number of carbonyl (C=O) groups is 4. The monoisotopic (exact) mass is 486 g/mol. The summed E-state index contributed by atoms with van der Waals surface area (Å²) in [5.41, 5.74) is 2.80. The number of anilines is 1. The van der Waals surface area contributed by atoms with E-state index in [-0.39, 0.29) is 36.6 Å². The molecule has 186 valence electrons. The van der Waals surface area contributed by atoms with E-state index in [4.69, 9.17) is 0 Å². The number of amides is 3. The average Bonchev–Trinajstić information content (AvgIpc) is 3.53. The molecule has 0 unspecified atom stereocenters. The van der Waals surface area contributed by atoms with E-state index in [9.17, 15) is 19.2 Å². The van der Waals surface area contributed by atoms with E-state index in [0.717, 1.165) is 28.3 Å². The van der Waals surface area contributed by atoms with Crippen molar-refractivity contribution in [2.24, 2.45) is 5.92 Å². The second-order valence-corrected chi connectivity index (χ2v) is 10.3. The Kier molecular flexibility index (Phi) is 5.90. The summed E-state index contributed by atoms with van der Waals surface area (Å²) in [6.45, 7) is 6.02. The zero-order chi connectivity index (χ0) is 25.6. The molecule has 1 saturated heterocycles. The Labute approximate surface area is 209 Å². The summed E-state index contributed by atoms with van der Waals surface area (Å²) < 4.78 is 0. The molecular formula is C28H30N4O4. The number of hydrogen-bond acceptors (Lipinski definition) is 4. The van der Waals surface area contributed by atoms with Crippen molar-refractivity contribution >= 4 is 40.6 Å². The van der Waals surface area contributed by atoms with E-state index in [2.05, 4.69) is 15.6 Å². The predicted molar refractivity (Wildman–Crippen MR) is 137 cm³/mol. The number of H-pyrrole nitrogens is 1. The van der Waals surface area contributed by atoms with Gasteiger partial charge in [-0.25, -0.2) is 0 Å². The van der Waals surface area contributed by atoms with Crippen molar-refractivity contribution in [3.8, 4) is 0 Å². The third-order valence-corrected chi connectivity index (χ3v) is 7.40. The lowest BCUT2D eigenvalue weighted by Gasteiger charge is -2.28. The highest BCUT2D eigenvalue weighted by atomic mass is 16.2. The Morgan fingerprint density at radius 2 is 1.97 bits per heavy atom. The van der Waals surface area contributed by atoms with Gasteiger partial charge in [0.2, 0.25) is 11.8 Å². The van der Waals surface area contributed by atoms with Crippen molar-refractivity contribution in [2.45, 2.75) is 51.1 Å². The van der Waals surface area contributed by atoms with Gasteiger partial charge in [-0.05, 0) is 55.0 Å². The lowest BCUT2D eigenvalue weighted by atomic mass is 9.80. The minimum absolute atomic E-state index is 0.0914. The number of likely N-dealkylation sites (tertiary alicyclic amines) is 1. The van der Waals surface area contributed by atoms with Crippen LogP contribution in [0.5, 0.6) is 0 Å². The summed E-state index contributed by atoms with van der Waals surface area (Å²) in [5.74, 6) is -0.824. The molecule has 1 aromatic heterocycles. The summed E-state index contributed by atoms with van der Waals surface area (Å²) in [6.07, 6.45) is 1.35. The van der Waals surface area contributed by atoms with Crippen LogP contribution in [0.15, 0.2) is 48.5 Å². The van der Waals surface area contributed by atoms with Crippen LogP contribution in [0.3, 0.4) is 0 Å². The highest BCUT2D eigenvalue weighted by Gasteiger charge is 2.56. The Morgan fingerprint density at radius 1 is 1.19 bits per heavy atom. The van der Waals surface area contributed by atoms with Gasteiger partial charge in [-0.3, -0.25) is 14.4 Å². The standard InChI is InChI=1S/C28H30N4O4/c1-16(2)11-24(30-25(34)23-12-19-17(3)7-6-10-21(19)29-23)26(35)32-15-28(13-18(32)14-33)20-8-4-5-9-22(20)31-27(28)36/h4-10,12,14,16,18,24,29H,11,13,15H2,1-3H3,(H,30,34)(H,31,36)/t18-,24-,28-/m0/s1. The van der Waals surface area contributed by atoms with Crippen molar-refractivity contribution in [1.29, 1.82) is 0 Å². The van der Waals surface area contributed by atoms with Crippen LogP contribution in [0.1, 0.15) is 48.3 Å². The molecule has 3 heterocycles. The van der Waals surface area contributed by atoms with Gasteiger partial charge in [0, 0.05) is 23.1 Å². The molecular weight excluding hydrogens is 456 g/mol. The Bertz CT molecular complexity index is 1380. The molecule has 2 aliphatic rings. The molecule has 0 bridgehead atoms.